The molecule has 2 aromatic rings. The van der Waals surface area contributed by atoms with E-state index in [4.69, 9.17) is 9.47 Å². The van der Waals surface area contributed by atoms with Crippen molar-refractivity contribution in [3.63, 3.8) is 0 Å². The molecule has 214 valence electrons. The summed E-state index contributed by atoms with van der Waals surface area (Å²) in [7, 11) is 0. The number of aliphatic hydroxyl groups is 1. The van der Waals surface area contributed by atoms with Gasteiger partial charge in [0, 0.05) is 19.7 Å². The predicted octanol–water partition coefficient (Wildman–Crippen LogP) is 2.06. The zero-order valence-electron chi connectivity index (χ0n) is 22.9. The van der Waals surface area contributed by atoms with Crippen molar-refractivity contribution in [3.8, 4) is 0 Å². The van der Waals surface area contributed by atoms with Crippen LogP contribution in [-0.4, -0.2) is 91.2 Å². The van der Waals surface area contributed by atoms with Crippen LogP contribution in [0, 0.1) is 11.8 Å². The zero-order chi connectivity index (χ0) is 28.5. The van der Waals surface area contributed by atoms with Gasteiger partial charge in [-0.25, -0.2) is 4.68 Å². The zero-order valence-corrected chi connectivity index (χ0v) is 22.9. The Morgan fingerprint density at radius 2 is 2.05 bits per heavy atom. The second-order valence-electron chi connectivity index (χ2n) is 11.0. The molecule has 3 fully saturated rings. The number of likely N-dealkylation sites (tertiary alicyclic amines) is 1. The summed E-state index contributed by atoms with van der Waals surface area (Å²) in [6, 6.07) is 6.54. The average molecular weight is 552 g/mol. The summed E-state index contributed by atoms with van der Waals surface area (Å²) in [5.41, 5.74) is -0.589. The van der Waals surface area contributed by atoms with Gasteiger partial charge < -0.3 is 24.4 Å². The fraction of sp³-hybridized carbons (Fsp3) is 0.552. The Balaban J connectivity index is 1.50. The summed E-state index contributed by atoms with van der Waals surface area (Å²) in [6.07, 6.45) is 5.79. The predicted molar refractivity (Wildman–Crippen MR) is 145 cm³/mol. The standard InChI is InChI=1S/C29H37N5O6/c1-4-6-18-39-27(38)23-22-25(36)33(16-9-10-17-35)24(29(22)14-13-28(23,3)40-29)26(37)32(15-5-2)19-34-21-12-8-7-11-20(21)30-31-34/h4-5,7-8,11-12,22-24,35H,1-2,6,9-10,13-19H2,3H3/t22-,23+,24?,28-,29?/m0/s1. The smallest absolute Gasteiger partial charge is 0.312 e. The van der Waals surface area contributed by atoms with E-state index in [0.717, 1.165) is 5.52 Å². The number of hydrogen-bond acceptors (Lipinski definition) is 8. The Morgan fingerprint density at radius 3 is 2.80 bits per heavy atom. The monoisotopic (exact) mass is 551 g/mol. The number of para-hydroxylation sites is 1. The molecule has 1 spiro atoms. The molecule has 2 unspecified atom stereocenters. The van der Waals surface area contributed by atoms with Gasteiger partial charge in [-0.1, -0.05) is 29.5 Å². The van der Waals surface area contributed by atoms with Gasteiger partial charge in [-0.3, -0.25) is 14.4 Å². The van der Waals surface area contributed by atoms with E-state index >= 15 is 0 Å². The van der Waals surface area contributed by atoms with E-state index in [1.54, 1.807) is 26.6 Å². The minimum atomic E-state index is -1.16. The lowest BCUT2D eigenvalue weighted by Gasteiger charge is -2.36. The largest absolute Gasteiger partial charge is 0.465 e. The summed E-state index contributed by atoms with van der Waals surface area (Å²) in [5, 5.41) is 17.8. The van der Waals surface area contributed by atoms with Gasteiger partial charge in [-0.15, -0.1) is 18.3 Å². The minimum Gasteiger partial charge on any atom is -0.465 e. The Morgan fingerprint density at radius 1 is 1.25 bits per heavy atom. The van der Waals surface area contributed by atoms with E-state index in [1.165, 1.54) is 0 Å². The number of esters is 1. The first-order valence-corrected chi connectivity index (χ1v) is 13.9. The van der Waals surface area contributed by atoms with Crippen molar-refractivity contribution in [2.75, 3.05) is 26.3 Å². The quantitative estimate of drug-likeness (QED) is 0.228. The van der Waals surface area contributed by atoms with E-state index in [1.807, 2.05) is 31.2 Å². The molecule has 5 atom stereocenters. The molecule has 0 aliphatic carbocycles. The number of carbonyl (C=O) groups excluding carboxylic acids is 3. The Labute approximate surface area is 233 Å². The summed E-state index contributed by atoms with van der Waals surface area (Å²) in [6.45, 7) is 10.1. The van der Waals surface area contributed by atoms with Crippen molar-refractivity contribution >= 4 is 28.8 Å². The van der Waals surface area contributed by atoms with Crippen LogP contribution in [0.3, 0.4) is 0 Å². The van der Waals surface area contributed by atoms with Crippen molar-refractivity contribution in [2.45, 2.75) is 62.9 Å². The molecule has 1 aromatic heterocycles. The van der Waals surface area contributed by atoms with Crippen LogP contribution in [0.25, 0.3) is 11.0 Å². The van der Waals surface area contributed by atoms with E-state index in [-0.39, 0.29) is 44.8 Å². The summed E-state index contributed by atoms with van der Waals surface area (Å²) < 4.78 is 13.8. The molecule has 1 N–H and O–H groups in total. The molecule has 3 aliphatic rings. The topological polar surface area (TPSA) is 127 Å². The lowest BCUT2D eigenvalue weighted by Crippen LogP contribution is -2.56. The van der Waals surface area contributed by atoms with Crippen molar-refractivity contribution in [1.29, 1.82) is 0 Å². The highest BCUT2D eigenvalue weighted by Gasteiger charge is 2.78. The Kier molecular flexibility index (Phi) is 7.78. The number of nitrogens with zero attached hydrogens (tertiary/aromatic N) is 5. The first kappa shape index (κ1) is 28.0. The molecule has 40 heavy (non-hydrogen) atoms. The number of ether oxygens (including phenoxy) is 2. The van der Waals surface area contributed by atoms with Crippen LogP contribution in [0.2, 0.25) is 0 Å². The number of hydrogen-bond donors (Lipinski definition) is 1. The van der Waals surface area contributed by atoms with Crippen molar-refractivity contribution in [3.05, 3.63) is 49.6 Å². The van der Waals surface area contributed by atoms with Gasteiger partial charge in [0.1, 0.15) is 29.7 Å². The number of rotatable bonds is 13. The second kappa shape index (κ2) is 11.1. The van der Waals surface area contributed by atoms with Crippen LogP contribution in [0.1, 0.15) is 39.0 Å². The van der Waals surface area contributed by atoms with E-state index < -0.39 is 35.0 Å². The maximum absolute atomic E-state index is 14.5. The number of carbonyl (C=O) groups is 3. The Bertz CT molecular complexity index is 1310. The van der Waals surface area contributed by atoms with Crippen molar-refractivity contribution in [2.24, 2.45) is 11.8 Å². The van der Waals surface area contributed by atoms with Crippen molar-refractivity contribution in [1.82, 2.24) is 24.8 Å². The van der Waals surface area contributed by atoms with Gasteiger partial charge in [-0.2, -0.15) is 0 Å². The van der Waals surface area contributed by atoms with Gasteiger partial charge in [0.25, 0.3) is 0 Å². The lowest BCUT2D eigenvalue weighted by molar-refractivity contribution is -0.160. The SMILES string of the molecule is C=CCCOC(=O)[C@H]1[C@H]2C(=O)N(CCCCO)C(C(=O)N(CC=C)Cn3nnc4ccccc43)C23CC[C@]1(C)O3. The van der Waals surface area contributed by atoms with Gasteiger partial charge in [0.05, 0.1) is 23.6 Å². The third-order valence-corrected chi connectivity index (χ3v) is 8.52. The van der Waals surface area contributed by atoms with Gasteiger partial charge in [-0.05, 0) is 51.2 Å². The summed E-state index contributed by atoms with van der Waals surface area (Å²) >= 11 is 0. The molecule has 2 amide bonds. The van der Waals surface area contributed by atoms with E-state index in [0.29, 0.717) is 37.6 Å². The number of aliphatic hydroxyl groups excluding tert-OH is 1. The molecule has 1 aromatic carbocycles. The molecule has 11 heteroatoms. The van der Waals surface area contributed by atoms with E-state index in [9.17, 15) is 19.5 Å². The first-order chi connectivity index (χ1) is 19.3. The first-order valence-electron chi connectivity index (χ1n) is 13.9. The third-order valence-electron chi connectivity index (χ3n) is 8.52. The Hall–Kier alpha value is -3.57. The number of amides is 2. The molecule has 11 nitrogen and oxygen atoms in total. The van der Waals surface area contributed by atoms with Crippen LogP contribution in [0.15, 0.2) is 49.6 Å². The second-order valence-corrected chi connectivity index (χ2v) is 11.0. The average Bonchev–Trinajstić information content (AvgIpc) is 3.64. The van der Waals surface area contributed by atoms with Crippen LogP contribution in [0.4, 0.5) is 0 Å². The number of benzene rings is 1. The fourth-order valence-corrected chi connectivity index (χ4v) is 6.76. The maximum atomic E-state index is 14.5. The third kappa shape index (κ3) is 4.50. The number of fused-ring (bicyclic) bond motifs is 2. The molecule has 3 aliphatic heterocycles. The molecule has 2 bridgehead atoms. The van der Waals surface area contributed by atoms with Gasteiger partial charge in [0.2, 0.25) is 11.8 Å². The fourth-order valence-electron chi connectivity index (χ4n) is 6.76. The summed E-state index contributed by atoms with van der Waals surface area (Å²) in [5.74, 6) is -2.71. The highest BCUT2D eigenvalue weighted by Crippen LogP contribution is 2.63. The molecule has 4 heterocycles. The molecule has 0 saturated carbocycles. The van der Waals surface area contributed by atoms with Crippen LogP contribution < -0.4 is 0 Å². The lowest BCUT2D eigenvalue weighted by atomic mass is 9.66. The molecular weight excluding hydrogens is 514 g/mol. The number of aromatic nitrogens is 3. The minimum absolute atomic E-state index is 0.0238. The normalized spacial score (nSPS) is 28.6. The summed E-state index contributed by atoms with van der Waals surface area (Å²) in [4.78, 5) is 45.1. The molecule has 3 saturated heterocycles. The van der Waals surface area contributed by atoms with Gasteiger partial charge in [0.15, 0.2) is 0 Å². The van der Waals surface area contributed by atoms with Crippen LogP contribution in [0.5, 0.6) is 0 Å². The highest BCUT2D eigenvalue weighted by molar-refractivity contribution is 5.98. The van der Waals surface area contributed by atoms with Crippen LogP contribution in [-0.2, 0) is 30.5 Å². The molecule has 0 radical (unpaired) electrons. The van der Waals surface area contributed by atoms with Crippen molar-refractivity contribution < 1.29 is 29.0 Å². The highest BCUT2D eigenvalue weighted by atomic mass is 16.6. The van der Waals surface area contributed by atoms with Crippen LogP contribution >= 0.6 is 0 Å². The molecular formula is C29H37N5O6. The van der Waals surface area contributed by atoms with E-state index in [2.05, 4.69) is 23.5 Å². The maximum Gasteiger partial charge on any atom is 0.312 e. The number of unbranched alkanes of at least 4 members (excludes halogenated alkanes) is 1. The van der Waals surface area contributed by atoms with Gasteiger partial charge >= 0.3 is 5.97 Å². The molecule has 5 rings (SSSR count).